The highest BCUT2D eigenvalue weighted by Gasteiger charge is 2.50. The van der Waals surface area contributed by atoms with Crippen LogP contribution in [-0.2, 0) is 9.53 Å². The normalized spacial score (nSPS) is 35.6. The lowest BCUT2D eigenvalue weighted by atomic mass is 9.85. The van der Waals surface area contributed by atoms with E-state index in [1.807, 2.05) is 6.92 Å². The van der Waals surface area contributed by atoms with Gasteiger partial charge in [-0.1, -0.05) is 0 Å². The monoisotopic (exact) mass is 249 g/mol. The predicted octanol–water partition coefficient (Wildman–Crippen LogP) is 1.22. The number of fused-ring (bicyclic) bond motifs is 2. The Morgan fingerprint density at radius 1 is 1.46 bits per heavy atom. The lowest BCUT2D eigenvalue weighted by Crippen LogP contribution is -2.31. The van der Waals surface area contributed by atoms with Gasteiger partial charge in [0.1, 0.15) is 0 Å². The zero-order valence-electron chi connectivity index (χ0n) is 7.91. The zero-order chi connectivity index (χ0) is 8.60. The SMILES string of the molecule is Br.CCOC(=O)C12CCN(CC1)C2. The lowest BCUT2D eigenvalue weighted by Gasteiger charge is -2.22. The number of hydrogen-bond acceptors (Lipinski definition) is 3. The summed E-state index contributed by atoms with van der Waals surface area (Å²) in [5.41, 5.74) is -0.115. The molecule has 4 heteroatoms. The smallest absolute Gasteiger partial charge is 0.313 e. The average Bonchev–Trinajstić information content (AvgIpc) is 2.64. The van der Waals surface area contributed by atoms with Crippen LogP contribution in [0.15, 0.2) is 0 Å². The quantitative estimate of drug-likeness (QED) is 0.690. The number of nitrogens with zero attached hydrogens (tertiary/aromatic N) is 1. The molecule has 0 aromatic carbocycles. The third-order valence-electron chi connectivity index (χ3n) is 3.05. The van der Waals surface area contributed by atoms with E-state index in [2.05, 4.69) is 4.90 Å². The van der Waals surface area contributed by atoms with E-state index in [1.54, 1.807) is 0 Å². The predicted molar refractivity (Wildman–Crippen MR) is 55.1 cm³/mol. The summed E-state index contributed by atoms with van der Waals surface area (Å²) < 4.78 is 5.08. The standard InChI is InChI=1S/C9H15NO2.BrH/c1-2-12-8(11)9-3-5-10(7-9)6-4-9;/h2-7H2,1H3;1H. The molecule has 0 aromatic heterocycles. The van der Waals surface area contributed by atoms with Crippen LogP contribution in [0.1, 0.15) is 19.8 Å². The van der Waals surface area contributed by atoms with Crippen LogP contribution in [0.3, 0.4) is 0 Å². The molecule has 0 aromatic rings. The largest absolute Gasteiger partial charge is 0.466 e. The van der Waals surface area contributed by atoms with Crippen LogP contribution in [0.4, 0.5) is 0 Å². The fourth-order valence-corrected chi connectivity index (χ4v) is 2.28. The number of hydrogen-bond donors (Lipinski definition) is 0. The van der Waals surface area contributed by atoms with E-state index in [1.165, 1.54) is 0 Å². The van der Waals surface area contributed by atoms with Crippen LogP contribution < -0.4 is 0 Å². The Morgan fingerprint density at radius 2 is 2.08 bits per heavy atom. The molecule has 0 atom stereocenters. The lowest BCUT2D eigenvalue weighted by molar-refractivity contribution is -0.153. The zero-order valence-corrected chi connectivity index (χ0v) is 9.63. The molecule has 2 aliphatic rings. The Balaban J connectivity index is 0.000000845. The summed E-state index contributed by atoms with van der Waals surface area (Å²) in [7, 11) is 0. The van der Waals surface area contributed by atoms with E-state index in [9.17, 15) is 4.79 Å². The molecule has 0 N–H and O–H groups in total. The van der Waals surface area contributed by atoms with Crippen molar-refractivity contribution in [3.8, 4) is 0 Å². The molecule has 2 fully saturated rings. The van der Waals surface area contributed by atoms with Crippen LogP contribution in [0.5, 0.6) is 0 Å². The van der Waals surface area contributed by atoms with Gasteiger partial charge in [0, 0.05) is 6.54 Å². The van der Waals surface area contributed by atoms with Crippen molar-refractivity contribution >= 4 is 23.0 Å². The molecule has 0 aliphatic carbocycles. The van der Waals surface area contributed by atoms with E-state index in [-0.39, 0.29) is 28.4 Å². The topological polar surface area (TPSA) is 29.5 Å². The van der Waals surface area contributed by atoms with Gasteiger partial charge in [0.25, 0.3) is 0 Å². The van der Waals surface area contributed by atoms with Gasteiger partial charge in [-0.3, -0.25) is 4.79 Å². The van der Waals surface area contributed by atoms with Crippen LogP contribution in [0.2, 0.25) is 0 Å². The van der Waals surface area contributed by atoms with Crippen molar-refractivity contribution in [1.29, 1.82) is 0 Å². The molecule has 0 amide bonds. The van der Waals surface area contributed by atoms with Crippen molar-refractivity contribution in [2.75, 3.05) is 26.2 Å². The first kappa shape index (κ1) is 11.0. The molecule has 2 rings (SSSR count). The number of halogens is 1. The number of piperidine rings is 1. The minimum absolute atomic E-state index is 0. The summed E-state index contributed by atoms with van der Waals surface area (Å²) in [6.07, 6.45) is 2.01. The van der Waals surface area contributed by atoms with Gasteiger partial charge >= 0.3 is 5.97 Å². The first-order valence-corrected chi connectivity index (χ1v) is 4.66. The molecule has 2 heterocycles. The maximum atomic E-state index is 11.6. The second kappa shape index (κ2) is 3.96. The Kier molecular flexibility index (Phi) is 3.35. The van der Waals surface area contributed by atoms with Crippen molar-refractivity contribution in [1.82, 2.24) is 4.90 Å². The van der Waals surface area contributed by atoms with Gasteiger partial charge < -0.3 is 9.64 Å². The highest BCUT2D eigenvalue weighted by atomic mass is 79.9. The van der Waals surface area contributed by atoms with Crippen LogP contribution in [0, 0.1) is 5.41 Å². The van der Waals surface area contributed by atoms with E-state index in [0.29, 0.717) is 6.61 Å². The Bertz CT molecular complexity index is 200. The van der Waals surface area contributed by atoms with Crippen LogP contribution >= 0.6 is 17.0 Å². The van der Waals surface area contributed by atoms with Gasteiger partial charge in [-0.2, -0.15) is 0 Å². The van der Waals surface area contributed by atoms with Crippen molar-refractivity contribution in [2.24, 2.45) is 5.41 Å². The third kappa shape index (κ3) is 1.74. The van der Waals surface area contributed by atoms with Crippen molar-refractivity contribution in [2.45, 2.75) is 19.8 Å². The summed E-state index contributed by atoms with van der Waals surface area (Å²) in [6, 6.07) is 0. The molecule has 2 bridgehead atoms. The van der Waals surface area contributed by atoms with Gasteiger partial charge in [0.15, 0.2) is 0 Å². The number of ether oxygens (including phenoxy) is 1. The number of carbonyl (C=O) groups excluding carboxylic acids is 1. The van der Waals surface area contributed by atoms with E-state index in [0.717, 1.165) is 32.5 Å². The summed E-state index contributed by atoms with van der Waals surface area (Å²) >= 11 is 0. The molecule has 2 aliphatic heterocycles. The minimum atomic E-state index is -0.115. The van der Waals surface area contributed by atoms with Crippen LogP contribution in [0.25, 0.3) is 0 Å². The molecule has 3 nitrogen and oxygen atoms in total. The molecule has 76 valence electrons. The average molecular weight is 250 g/mol. The van der Waals surface area contributed by atoms with Gasteiger partial charge in [-0.05, 0) is 32.9 Å². The molecular formula is C9H16BrNO2. The highest BCUT2D eigenvalue weighted by molar-refractivity contribution is 8.93. The number of carbonyl (C=O) groups is 1. The van der Waals surface area contributed by atoms with Crippen LogP contribution in [-0.4, -0.2) is 37.1 Å². The van der Waals surface area contributed by atoms with Gasteiger partial charge in [0.2, 0.25) is 0 Å². The Labute approximate surface area is 89.2 Å². The third-order valence-corrected chi connectivity index (χ3v) is 3.05. The Hall–Kier alpha value is -0.0900. The van der Waals surface area contributed by atoms with E-state index in [4.69, 9.17) is 4.74 Å². The summed E-state index contributed by atoms with van der Waals surface area (Å²) in [5.74, 6) is 0.0324. The minimum Gasteiger partial charge on any atom is -0.466 e. The molecule has 2 saturated heterocycles. The molecule has 0 spiro atoms. The van der Waals surface area contributed by atoms with Crippen molar-refractivity contribution in [3.63, 3.8) is 0 Å². The molecule has 0 saturated carbocycles. The van der Waals surface area contributed by atoms with Crippen molar-refractivity contribution in [3.05, 3.63) is 0 Å². The van der Waals surface area contributed by atoms with E-state index < -0.39 is 0 Å². The Morgan fingerprint density at radius 3 is 2.46 bits per heavy atom. The van der Waals surface area contributed by atoms with Gasteiger partial charge in [0.05, 0.1) is 12.0 Å². The second-order valence-electron chi connectivity index (χ2n) is 3.78. The first-order valence-electron chi connectivity index (χ1n) is 4.66. The van der Waals surface area contributed by atoms with Gasteiger partial charge in [-0.15, -0.1) is 17.0 Å². The number of rotatable bonds is 2. The number of esters is 1. The molecule has 0 radical (unpaired) electrons. The maximum Gasteiger partial charge on any atom is 0.313 e. The summed E-state index contributed by atoms with van der Waals surface area (Å²) in [4.78, 5) is 13.9. The summed E-state index contributed by atoms with van der Waals surface area (Å²) in [6.45, 7) is 5.49. The first-order chi connectivity index (χ1) is 5.77. The van der Waals surface area contributed by atoms with Gasteiger partial charge in [-0.25, -0.2) is 0 Å². The van der Waals surface area contributed by atoms with E-state index >= 15 is 0 Å². The fourth-order valence-electron chi connectivity index (χ4n) is 2.28. The summed E-state index contributed by atoms with van der Waals surface area (Å²) in [5, 5.41) is 0. The second-order valence-corrected chi connectivity index (χ2v) is 3.78. The molecular weight excluding hydrogens is 234 g/mol. The maximum absolute atomic E-state index is 11.6. The van der Waals surface area contributed by atoms with Crippen molar-refractivity contribution < 1.29 is 9.53 Å². The highest BCUT2D eigenvalue weighted by Crippen LogP contribution is 2.41. The molecule has 0 unspecified atom stereocenters. The molecule has 13 heavy (non-hydrogen) atoms. The fraction of sp³-hybridized carbons (Fsp3) is 0.889.